The van der Waals surface area contributed by atoms with E-state index in [1.54, 1.807) is 0 Å². The summed E-state index contributed by atoms with van der Waals surface area (Å²) in [5.74, 6) is 1.54. The van der Waals surface area contributed by atoms with Crippen molar-refractivity contribution in [1.29, 1.82) is 0 Å². The normalized spacial score (nSPS) is 21.1. The van der Waals surface area contributed by atoms with E-state index in [9.17, 15) is 4.79 Å². The topological polar surface area (TPSA) is 45.5 Å². The van der Waals surface area contributed by atoms with Gasteiger partial charge in [-0.15, -0.1) is 12.4 Å². The van der Waals surface area contributed by atoms with Crippen LogP contribution in [-0.4, -0.2) is 30.9 Å². The van der Waals surface area contributed by atoms with E-state index < -0.39 is 0 Å². The van der Waals surface area contributed by atoms with Crippen LogP contribution in [0, 0.1) is 11.3 Å². The second-order valence-corrected chi connectivity index (χ2v) is 7.42. The molecule has 1 aromatic heterocycles. The molecule has 1 aromatic carbocycles. The lowest BCUT2D eigenvalue weighted by molar-refractivity contribution is -0.132. The summed E-state index contributed by atoms with van der Waals surface area (Å²) in [6, 6.07) is 8.13. The maximum Gasteiger partial charge on any atom is 0.226 e. The highest BCUT2D eigenvalue weighted by Crippen LogP contribution is 2.59. The van der Waals surface area contributed by atoms with Crippen LogP contribution < -0.4 is 5.32 Å². The second kappa shape index (κ2) is 7.00. The number of aryl methyl sites for hydroxylation is 1. The predicted octanol–water partition coefficient (Wildman–Crippen LogP) is 3.77. The van der Waals surface area contributed by atoms with Crippen molar-refractivity contribution in [2.24, 2.45) is 11.3 Å². The number of carbonyl (C=O) groups is 1. The Hall–Kier alpha value is -1.52. The summed E-state index contributed by atoms with van der Waals surface area (Å²) < 4.78 is 5.97. The molecule has 2 fully saturated rings. The lowest BCUT2D eigenvalue weighted by atomic mass is 9.91. The van der Waals surface area contributed by atoms with E-state index >= 15 is 0 Å². The molecule has 1 saturated heterocycles. The summed E-state index contributed by atoms with van der Waals surface area (Å²) in [6.07, 6.45) is 4.22. The van der Waals surface area contributed by atoms with Crippen molar-refractivity contribution in [2.45, 2.75) is 39.2 Å². The van der Waals surface area contributed by atoms with Gasteiger partial charge in [0.05, 0.1) is 0 Å². The van der Waals surface area contributed by atoms with Crippen molar-refractivity contribution in [3.8, 4) is 0 Å². The number of piperidine rings is 1. The molecule has 1 unspecified atom stereocenters. The third-order valence-corrected chi connectivity index (χ3v) is 5.96. The summed E-state index contributed by atoms with van der Waals surface area (Å²) in [6.45, 7) is 4.86. The van der Waals surface area contributed by atoms with Gasteiger partial charge in [-0.3, -0.25) is 4.79 Å². The first kappa shape index (κ1) is 18.3. The van der Waals surface area contributed by atoms with E-state index in [2.05, 4.69) is 18.3 Å². The van der Waals surface area contributed by atoms with Gasteiger partial charge in [-0.2, -0.15) is 0 Å². The van der Waals surface area contributed by atoms with Gasteiger partial charge in [-0.05, 0) is 43.8 Å². The van der Waals surface area contributed by atoms with Gasteiger partial charge in [0, 0.05) is 36.9 Å². The molecule has 2 aromatic rings. The second-order valence-electron chi connectivity index (χ2n) is 7.42. The predicted molar refractivity (Wildman–Crippen MR) is 102 cm³/mol. The molecule has 2 heterocycles. The molecule has 1 spiro atoms. The number of hydrogen-bond donors (Lipinski definition) is 1. The first-order chi connectivity index (χ1) is 11.6. The van der Waals surface area contributed by atoms with Crippen LogP contribution in [0.25, 0.3) is 11.0 Å². The molecule has 1 amide bonds. The number of amides is 1. The Bertz CT molecular complexity index is 764. The first-order valence-electron chi connectivity index (χ1n) is 9.09. The molecular formula is C20H27ClN2O2. The summed E-state index contributed by atoms with van der Waals surface area (Å²) in [7, 11) is 1.94. The van der Waals surface area contributed by atoms with Crippen LogP contribution in [0.1, 0.15) is 37.5 Å². The van der Waals surface area contributed by atoms with Crippen LogP contribution in [0.2, 0.25) is 0 Å². The molecule has 2 aliphatic rings. The third-order valence-electron chi connectivity index (χ3n) is 5.96. The lowest BCUT2D eigenvalue weighted by Crippen LogP contribution is -2.34. The average Bonchev–Trinajstić information content (AvgIpc) is 3.18. The number of hydrogen-bond acceptors (Lipinski definition) is 3. The minimum atomic E-state index is 0. The number of benzene rings is 1. The van der Waals surface area contributed by atoms with Gasteiger partial charge in [-0.1, -0.05) is 25.1 Å². The number of para-hydroxylation sites is 1. The van der Waals surface area contributed by atoms with Crippen molar-refractivity contribution in [3.63, 3.8) is 0 Å². The summed E-state index contributed by atoms with van der Waals surface area (Å²) >= 11 is 0. The number of rotatable bonds is 4. The van der Waals surface area contributed by atoms with Crippen LogP contribution in [0.4, 0.5) is 0 Å². The zero-order chi connectivity index (χ0) is 16.7. The highest BCUT2D eigenvalue weighted by Gasteiger charge is 2.58. The molecular weight excluding hydrogens is 336 g/mol. The molecule has 1 N–H and O–H groups in total. The SMILES string of the molecule is CCc1oc2ccccc2c1CN(C)C(=O)C1CC12CCNCC2.Cl. The fraction of sp³-hybridized carbons (Fsp3) is 0.550. The van der Waals surface area contributed by atoms with Gasteiger partial charge in [0.1, 0.15) is 11.3 Å². The zero-order valence-electron chi connectivity index (χ0n) is 15.0. The molecule has 0 bridgehead atoms. The molecule has 1 aliphatic heterocycles. The maximum absolute atomic E-state index is 12.9. The Morgan fingerprint density at radius 1 is 1.32 bits per heavy atom. The standard InChI is InChI=1S/C20H26N2O2.ClH/c1-3-17-15(14-6-4-5-7-18(14)24-17)13-22(2)19(23)16-12-20(16)8-10-21-11-9-20;/h4-7,16,21H,3,8-13H2,1-2H3;1H. The van der Waals surface area contributed by atoms with Crippen molar-refractivity contribution < 1.29 is 9.21 Å². The van der Waals surface area contributed by atoms with E-state index in [0.717, 1.165) is 55.5 Å². The smallest absolute Gasteiger partial charge is 0.226 e. The fourth-order valence-corrected chi connectivity index (χ4v) is 4.36. The Morgan fingerprint density at radius 3 is 2.76 bits per heavy atom. The zero-order valence-corrected chi connectivity index (χ0v) is 15.8. The summed E-state index contributed by atoms with van der Waals surface area (Å²) in [4.78, 5) is 14.8. The van der Waals surface area contributed by atoms with Crippen molar-refractivity contribution in [1.82, 2.24) is 10.2 Å². The van der Waals surface area contributed by atoms with E-state index in [0.29, 0.717) is 17.9 Å². The largest absolute Gasteiger partial charge is 0.461 e. The monoisotopic (exact) mass is 362 g/mol. The number of fused-ring (bicyclic) bond motifs is 1. The van der Waals surface area contributed by atoms with Crippen molar-refractivity contribution >= 4 is 29.3 Å². The maximum atomic E-state index is 12.9. The third kappa shape index (κ3) is 3.18. The van der Waals surface area contributed by atoms with Gasteiger partial charge in [0.15, 0.2) is 0 Å². The number of nitrogens with one attached hydrogen (secondary N) is 1. The van der Waals surface area contributed by atoms with Gasteiger partial charge in [-0.25, -0.2) is 0 Å². The first-order valence-corrected chi connectivity index (χ1v) is 9.09. The molecule has 5 heteroatoms. The van der Waals surface area contributed by atoms with Crippen LogP contribution in [-0.2, 0) is 17.8 Å². The molecule has 1 aliphatic carbocycles. The highest BCUT2D eigenvalue weighted by atomic mass is 35.5. The summed E-state index contributed by atoms with van der Waals surface area (Å²) in [5, 5.41) is 4.54. The van der Waals surface area contributed by atoms with E-state index in [1.807, 2.05) is 30.1 Å². The van der Waals surface area contributed by atoms with Crippen LogP contribution in [0.15, 0.2) is 28.7 Å². The molecule has 25 heavy (non-hydrogen) atoms. The Morgan fingerprint density at radius 2 is 2.04 bits per heavy atom. The summed E-state index contributed by atoms with van der Waals surface area (Å²) in [5.41, 5.74) is 2.39. The quantitative estimate of drug-likeness (QED) is 0.900. The Kier molecular flexibility index (Phi) is 5.12. The van der Waals surface area contributed by atoms with Crippen molar-refractivity contribution in [2.75, 3.05) is 20.1 Å². The van der Waals surface area contributed by atoms with Gasteiger partial charge in [0.2, 0.25) is 5.91 Å². The Balaban J connectivity index is 0.00000182. The number of carbonyl (C=O) groups excluding carboxylic acids is 1. The van der Waals surface area contributed by atoms with E-state index in [-0.39, 0.29) is 18.3 Å². The molecule has 4 rings (SSSR count). The fourth-order valence-electron chi connectivity index (χ4n) is 4.36. The van der Waals surface area contributed by atoms with Crippen LogP contribution in [0.3, 0.4) is 0 Å². The van der Waals surface area contributed by atoms with Gasteiger partial charge in [0.25, 0.3) is 0 Å². The number of halogens is 1. The van der Waals surface area contributed by atoms with E-state index in [4.69, 9.17) is 4.42 Å². The molecule has 1 atom stereocenters. The van der Waals surface area contributed by atoms with Gasteiger partial charge < -0.3 is 14.6 Å². The Labute approximate surface area is 155 Å². The molecule has 4 nitrogen and oxygen atoms in total. The minimum Gasteiger partial charge on any atom is -0.461 e. The molecule has 0 radical (unpaired) electrons. The van der Waals surface area contributed by atoms with Crippen LogP contribution in [0.5, 0.6) is 0 Å². The van der Waals surface area contributed by atoms with Gasteiger partial charge >= 0.3 is 0 Å². The van der Waals surface area contributed by atoms with Crippen LogP contribution >= 0.6 is 12.4 Å². The highest BCUT2D eigenvalue weighted by molar-refractivity contribution is 5.86. The molecule has 1 saturated carbocycles. The van der Waals surface area contributed by atoms with E-state index in [1.165, 1.54) is 5.56 Å². The lowest BCUT2D eigenvalue weighted by Gasteiger charge is -2.25. The van der Waals surface area contributed by atoms with Crippen molar-refractivity contribution in [3.05, 3.63) is 35.6 Å². The average molecular weight is 363 g/mol. The minimum absolute atomic E-state index is 0. The number of furan rings is 1. The molecule has 136 valence electrons. The number of nitrogens with zero attached hydrogens (tertiary/aromatic N) is 1.